The number of hydrogen-bond donors (Lipinski definition) is 2. The Labute approximate surface area is 92.8 Å². The van der Waals surface area contributed by atoms with Gasteiger partial charge in [-0.1, -0.05) is 19.1 Å². The van der Waals surface area contributed by atoms with Crippen LogP contribution in [0.3, 0.4) is 0 Å². The van der Waals surface area contributed by atoms with Gasteiger partial charge in [0.05, 0.1) is 0 Å². The molecule has 5 heteroatoms. The number of ether oxygens (including phenoxy) is 1. The maximum absolute atomic E-state index is 11.0. The van der Waals surface area contributed by atoms with E-state index in [9.17, 15) is 9.59 Å². The first-order valence-corrected chi connectivity index (χ1v) is 4.84. The van der Waals surface area contributed by atoms with Gasteiger partial charge in [-0.2, -0.15) is 0 Å². The third-order valence-electron chi connectivity index (χ3n) is 2.07. The van der Waals surface area contributed by atoms with E-state index in [1.165, 1.54) is 12.1 Å². The predicted molar refractivity (Wildman–Crippen MR) is 57.3 cm³/mol. The Hall–Kier alpha value is -2.04. The summed E-state index contributed by atoms with van der Waals surface area (Å²) in [5.41, 5.74) is 5.13. The van der Waals surface area contributed by atoms with Crippen LogP contribution >= 0.6 is 0 Å². The number of primary amides is 1. The number of benzene rings is 1. The first kappa shape index (κ1) is 12.0. The molecule has 1 atom stereocenters. The third-order valence-corrected chi connectivity index (χ3v) is 2.07. The van der Waals surface area contributed by atoms with Gasteiger partial charge in [0.2, 0.25) is 0 Å². The lowest BCUT2D eigenvalue weighted by molar-refractivity contribution is -0.124. The van der Waals surface area contributed by atoms with Crippen molar-refractivity contribution in [3.05, 3.63) is 29.8 Å². The third kappa shape index (κ3) is 2.73. The highest BCUT2D eigenvalue weighted by molar-refractivity contribution is 5.91. The van der Waals surface area contributed by atoms with Crippen molar-refractivity contribution in [2.75, 3.05) is 0 Å². The molecule has 0 aliphatic rings. The number of carboxylic acid groups (broad SMARTS) is 1. The van der Waals surface area contributed by atoms with Gasteiger partial charge in [-0.15, -0.1) is 0 Å². The molecule has 0 aromatic heterocycles. The van der Waals surface area contributed by atoms with Gasteiger partial charge in [-0.25, -0.2) is 4.79 Å². The molecule has 0 aliphatic heterocycles. The van der Waals surface area contributed by atoms with Gasteiger partial charge in [-0.3, -0.25) is 4.79 Å². The largest absolute Gasteiger partial charge is 0.480 e. The average molecular weight is 223 g/mol. The van der Waals surface area contributed by atoms with Crippen LogP contribution in [0.25, 0.3) is 0 Å². The molecule has 0 saturated carbocycles. The Balaban J connectivity index is 2.95. The number of carboxylic acids is 1. The lowest BCUT2D eigenvalue weighted by atomic mass is 10.2. The van der Waals surface area contributed by atoms with E-state index < -0.39 is 18.0 Å². The molecule has 1 aromatic carbocycles. The Kier molecular flexibility index (Phi) is 3.88. The molecule has 0 bridgehead atoms. The second-order valence-electron chi connectivity index (χ2n) is 3.22. The maximum Gasteiger partial charge on any atom is 0.339 e. The summed E-state index contributed by atoms with van der Waals surface area (Å²) in [7, 11) is 0. The van der Waals surface area contributed by atoms with E-state index in [1.54, 1.807) is 19.1 Å². The minimum absolute atomic E-state index is 0.0159. The number of hydrogen-bond acceptors (Lipinski definition) is 3. The highest BCUT2D eigenvalue weighted by atomic mass is 16.5. The second kappa shape index (κ2) is 5.16. The molecular formula is C11H13NO4. The van der Waals surface area contributed by atoms with Crippen LogP contribution in [0.1, 0.15) is 23.7 Å². The lowest BCUT2D eigenvalue weighted by Gasteiger charge is -2.15. The molecule has 1 amide bonds. The van der Waals surface area contributed by atoms with Crippen LogP contribution in [0.4, 0.5) is 0 Å². The quantitative estimate of drug-likeness (QED) is 0.780. The summed E-state index contributed by atoms with van der Waals surface area (Å²) in [4.78, 5) is 21.8. The van der Waals surface area contributed by atoms with Crippen molar-refractivity contribution < 1.29 is 19.4 Å². The highest BCUT2D eigenvalue weighted by Gasteiger charge is 2.18. The molecule has 0 spiro atoms. The number of amides is 1. The summed E-state index contributed by atoms with van der Waals surface area (Å²) in [6, 6.07) is 6.12. The number of aromatic carboxylic acids is 1. The molecule has 5 nitrogen and oxygen atoms in total. The Morgan fingerprint density at radius 3 is 2.56 bits per heavy atom. The van der Waals surface area contributed by atoms with Crippen molar-refractivity contribution in [3.63, 3.8) is 0 Å². The average Bonchev–Trinajstić information content (AvgIpc) is 2.25. The number of nitrogens with two attached hydrogens (primary N) is 1. The molecule has 3 N–H and O–H groups in total. The molecule has 1 aromatic rings. The van der Waals surface area contributed by atoms with Gasteiger partial charge >= 0.3 is 5.97 Å². The summed E-state index contributed by atoms with van der Waals surface area (Å²) in [6.45, 7) is 1.73. The molecule has 16 heavy (non-hydrogen) atoms. The monoisotopic (exact) mass is 223 g/mol. The minimum atomic E-state index is -1.10. The van der Waals surface area contributed by atoms with Gasteiger partial charge in [0.15, 0.2) is 6.10 Å². The van der Waals surface area contributed by atoms with Crippen molar-refractivity contribution in [2.45, 2.75) is 19.4 Å². The van der Waals surface area contributed by atoms with Gasteiger partial charge < -0.3 is 15.6 Å². The van der Waals surface area contributed by atoms with E-state index in [1.807, 2.05) is 0 Å². The summed E-state index contributed by atoms with van der Waals surface area (Å²) in [6.07, 6.45) is -0.413. The van der Waals surface area contributed by atoms with Crippen LogP contribution < -0.4 is 10.5 Å². The Morgan fingerprint density at radius 2 is 2.06 bits per heavy atom. The van der Waals surface area contributed by atoms with Crippen molar-refractivity contribution in [1.29, 1.82) is 0 Å². The molecule has 0 fully saturated rings. The van der Waals surface area contributed by atoms with Crippen molar-refractivity contribution in [2.24, 2.45) is 5.73 Å². The number of para-hydroxylation sites is 1. The summed E-state index contributed by atoms with van der Waals surface area (Å²) < 4.78 is 5.26. The second-order valence-corrected chi connectivity index (χ2v) is 3.22. The van der Waals surface area contributed by atoms with Crippen LogP contribution in [0, 0.1) is 0 Å². The van der Waals surface area contributed by atoms with Gasteiger partial charge in [0, 0.05) is 0 Å². The lowest BCUT2D eigenvalue weighted by Crippen LogP contribution is -2.33. The van der Waals surface area contributed by atoms with Crippen LogP contribution in [0.15, 0.2) is 24.3 Å². The van der Waals surface area contributed by atoms with Gasteiger partial charge in [0.25, 0.3) is 5.91 Å². The fraction of sp³-hybridized carbons (Fsp3) is 0.273. The summed E-state index contributed by atoms with van der Waals surface area (Å²) >= 11 is 0. The van der Waals surface area contributed by atoms with Crippen LogP contribution in [0.5, 0.6) is 5.75 Å². The molecular weight excluding hydrogens is 210 g/mol. The Morgan fingerprint density at radius 1 is 1.44 bits per heavy atom. The van der Waals surface area contributed by atoms with E-state index in [2.05, 4.69) is 0 Å². The van der Waals surface area contributed by atoms with Crippen molar-refractivity contribution in [1.82, 2.24) is 0 Å². The van der Waals surface area contributed by atoms with E-state index in [0.717, 1.165) is 0 Å². The standard InChI is InChI=1S/C11H13NO4/c1-2-8(10(12)13)16-9-6-4-3-5-7(9)11(14)15/h3-6,8H,2H2,1H3,(H2,12,13)(H,14,15). The van der Waals surface area contributed by atoms with Crippen molar-refractivity contribution in [3.8, 4) is 5.75 Å². The van der Waals surface area contributed by atoms with Crippen LogP contribution in [-0.4, -0.2) is 23.1 Å². The van der Waals surface area contributed by atoms with E-state index in [0.29, 0.717) is 6.42 Å². The first-order valence-electron chi connectivity index (χ1n) is 4.84. The minimum Gasteiger partial charge on any atom is -0.480 e. The molecule has 1 unspecified atom stereocenters. The number of rotatable bonds is 5. The van der Waals surface area contributed by atoms with Gasteiger partial charge in [-0.05, 0) is 18.6 Å². The van der Waals surface area contributed by atoms with E-state index in [4.69, 9.17) is 15.6 Å². The molecule has 0 heterocycles. The zero-order valence-corrected chi connectivity index (χ0v) is 8.84. The zero-order chi connectivity index (χ0) is 12.1. The van der Waals surface area contributed by atoms with Crippen LogP contribution in [0.2, 0.25) is 0 Å². The van der Waals surface area contributed by atoms with Gasteiger partial charge in [0.1, 0.15) is 11.3 Å². The normalized spacial score (nSPS) is 11.8. The maximum atomic E-state index is 11.0. The zero-order valence-electron chi connectivity index (χ0n) is 8.84. The molecule has 0 aliphatic carbocycles. The summed E-state index contributed by atoms with van der Waals surface area (Å²) in [5.74, 6) is -1.56. The number of carbonyl (C=O) groups is 2. The molecule has 1 rings (SSSR count). The summed E-state index contributed by atoms with van der Waals surface area (Å²) in [5, 5.41) is 8.89. The molecule has 86 valence electrons. The first-order chi connectivity index (χ1) is 7.56. The Bertz CT molecular complexity index is 403. The molecule has 0 saturated heterocycles. The fourth-order valence-corrected chi connectivity index (χ4v) is 1.24. The number of carbonyl (C=O) groups excluding carboxylic acids is 1. The highest BCUT2D eigenvalue weighted by Crippen LogP contribution is 2.19. The predicted octanol–water partition coefficient (Wildman–Crippen LogP) is 1.03. The van der Waals surface area contributed by atoms with Crippen LogP contribution in [-0.2, 0) is 4.79 Å². The fourth-order valence-electron chi connectivity index (χ4n) is 1.24. The smallest absolute Gasteiger partial charge is 0.339 e. The van der Waals surface area contributed by atoms with Crippen molar-refractivity contribution >= 4 is 11.9 Å². The molecule has 0 radical (unpaired) electrons. The van der Waals surface area contributed by atoms with E-state index in [-0.39, 0.29) is 11.3 Å². The van der Waals surface area contributed by atoms with E-state index >= 15 is 0 Å². The SMILES string of the molecule is CCC(Oc1ccccc1C(=O)O)C(N)=O. The topological polar surface area (TPSA) is 89.6 Å².